The summed E-state index contributed by atoms with van der Waals surface area (Å²) in [6, 6.07) is 14.7. The minimum atomic E-state index is -1.38. The normalized spacial score (nSPS) is 22.0. The number of carbonyl (C=O) groups excluding carboxylic acids is 2. The molecule has 2 aromatic rings. The number of aliphatic hydroxyl groups is 2. The molecule has 0 unspecified atom stereocenters. The van der Waals surface area contributed by atoms with Crippen LogP contribution in [-0.2, 0) is 14.2 Å². The van der Waals surface area contributed by atoms with Gasteiger partial charge in [-0.3, -0.25) is 0 Å². The first-order chi connectivity index (χ1) is 14.0. The lowest BCUT2D eigenvalue weighted by atomic mass is 10.1. The Hall–Kier alpha value is -2.94. The highest BCUT2D eigenvalue weighted by Crippen LogP contribution is 2.25. The molecule has 8 nitrogen and oxygen atoms in total. The van der Waals surface area contributed by atoms with Crippen molar-refractivity contribution in [3.63, 3.8) is 0 Å². The van der Waals surface area contributed by atoms with E-state index >= 15 is 0 Å². The number of esters is 2. The predicted octanol–water partition coefficient (Wildman–Crippen LogP) is 1.55. The molecule has 0 aromatic heterocycles. The third kappa shape index (κ3) is 5.32. The van der Waals surface area contributed by atoms with Crippen LogP contribution in [0.2, 0.25) is 0 Å². The molecular formula is C21H22O8. The Bertz CT molecular complexity index is 820. The molecule has 1 aliphatic rings. The monoisotopic (exact) mass is 402 g/mol. The van der Waals surface area contributed by atoms with Gasteiger partial charge in [0.2, 0.25) is 0 Å². The SMILES string of the molecule is COc1ccc(C(=O)OC[C@@H](O)[C@@H]2C[C@@H](OC(=O)c3ccccc3)[C@@H](O)O2)cc1. The van der Waals surface area contributed by atoms with Gasteiger partial charge >= 0.3 is 11.9 Å². The summed E-state index contributed by atoms with van der Waals surface area (Å²) in [4.78, 5) is 24.2. The fourth-order valence-electron chi connectivity index (χ4n) is 2.88. The standard InChI is InChI=1S/C21H22O8/c1-26-15-9-7-14(8-10-15)19(23)27-12-16(22)17-11-18(21(25)28-17)29-20(24)13-5-3-2-4-6-13/h2-10,16-18,21-22,25H,11-12H2,1H3/t16-,17+,18-,21+/m1/s1. The summed E-state index contributed by atoms with van der Waals surface area (Å²) in [5.41, 5.74) is 0.650. The van der Waals surface area contributed by atoms with Crippen molar-refractivity contribution in [2.45, 2.75) is 31.0 Å². The summed E-state index contributed by atoms with van der Waals surface area (Å²) < 4.78 is 20.6. The molecular weight excluding hydrogens is 380 g/mol. The molecule has 0 aliphatic carbocycles. The molecule has 1 aliphatic heterocycles. The van der Waals surface area contributed by atoms with E-state index in [4.69, 9.17) is 18.9 Å². The molecule has 0 saturated carbocycles. The number of ether oxygens (including phenoxy) is 4. The van der Waals surface area contributed by atoms with Gasteiger partial charge in [0, 0.05) is 6.42 Å². The Balaban J connectivity index is 1.49. The number of hydrogen-bond acceptors (Lipinski definition) is 8. The fourth-order valence-corrected chi connectivity index (χ4v) is 2.88. The van der Waals surface area contributed by atoms with Crippen LogP contribution in [0.3, 0.4) is 0 Å². The molecule has 1 heterocycles. The van der Waals surface area contributed by atoms with Gasteiger partial charge in [-0.25, -0.2) is 9.59 Å². The van der Waals surface area contributed by atoms with Crippen LogP contribution < -0.4 is 4.74 Å². The highest BCUT2D eigenvalue weighted by Gasteiger charge is 2.40. The molecule has 0 amide bonds. The molecule has 1 saturated heterocycles. The van der Waals surface area contributed by atoms with Crippen molar-refractivity contribution >= 4 is 11.9 Å². The van der Waals surface area contributed by atoms with E-state index in [1.54, 1.807) is 54.6 Å². The molecule has 4 atom stereocenters. The molecule has 3 rings (SSSR count). The van der Waals surface area contributed by atoms with Gasteiger partial charge in [-0.2, -0.15) is 0 Å². The first-order valence-corrected chi connectivity index (χ1v) is 9.06. The van der Waals surface area contributed by atoms with E-state index in [2.05, 4.69) is 0 Å². The quantitative estimate of drug-likeness (QED) is 0.671. The summed E-state index contributed by atoms with van der Waals surface area (Å²) in [6.07, 6.45) is -4.27. The Kier molecular flexibility index (Phi) is 6.82. The van der Waals surface area contributed by atoms with Crippen molar-refractivity contribution in [3.8, 4) is 5.75 Å². The molecule has 29 heavy (non-hydrogen) atoms. The van der Waals surface area contributed by atoms with E-state index in [1.165, 1.54) is 7.11 Å². The van der Waals surface area contributed by atoms with Crippen LogP contribution in [0.1, 0.15) is 27.1 Å². The third-order valence-corrected chi connectivity index (χ3v) is 4.50. The minimum Gasteiger partial charge on any atom is -0.497 e. The lowest BCUT2D eigenvalue weighted by Crippen LogP contribution is -2.32. The van der Waals surface area contributed by atoms with Crippen molar-refractivity contribution in [3.05, 3.63) is 65.7 Å². The second kappa shape index (κ2) is 9.51. The van der Waals surface area contributed by atoms with Gasteiger partial charge in [-0.05, 0) is 36.4 Å². The highest BCUT2D eigenvalue weighted by atomic mass is 16.7. The van der Waals surface area contributed by atoms with Gasteiger partial charge in [-0.1, -0.05) is 18.2 Å². The average Bonchev–Trinajstić information content (AvgIpc) is 3.12. The maximum absolute atomic E-state index is 12.1. The lowest BCUT2D eigenvalue weighted by molar-refractivity contribution is -0.150. The Morgan fingerprint density at radius 1 is 1.07 bits per heavy atom. The largest absolute Gasteiger partial charge is 0.497 e. The summed E-state index contributed by atoms with van der Waals surface area (Å²) in [6.45, 7) is -0.332. The molecule has 1 fully saturated rings. The van der Waals surface area contributed by atoms with Crippen LogP contribution in [-0.4, -0.2) is 60.5 Å². The zero-order chi connectivity index (χ0) is 20.8. The molecule has 154 valence electrons. The summed E-state index contributed by atoms with van der Waals surface area (Å²) in [5.74, 6) is -0.609. The van der Waals surface area contributed by atoms with Gasteiger partial charge < -0.3 is 29.2 Å². The van der Waals surface area contributed by atoms with E-state index in [9.17, 15) is 19.8 Å². The Morgan fingerprint density at radius 3 is 2.38 bits per heavy atom. The molecule has 0 radical (unpaired) electrons. The Labute approximate surface area is 167 Å². The van der Waals surface area contributed by atoms with E-state index < -0.39 is 36.5 Å². The van der Waals surface area contributed by atoms with Crippen LogP contribution in [0.4, 0.5) is 0 Å². The van der Waals surface area contributed by atoms with Gasteiger partial charge in [0.25, 0.3) is 0 Å². The summed E-state index contributed by atoms with van der Waals surface area (Å²) in [5, 5.41) is 20.2. The van der Waals surface area contributed by atoms with E-state index in [1.807, 2.05) is 0 Å². The number of hydrogen-bond donors (Lipinski definition) is 2. The smallest absolute Gasteiger partial charge is 0.338 e. The highest BCUT2D eigenvalue weighted by molar-refractivity contribution is 5.90. The minimum absolute atomic E-state index is 0.0704. The second-order valence-electron chi connectivity index (χ2n) is 6.50. The fraction of sp³-hybridized carbons (Fsp3) is 0.333. The van der Waals surface area contributed by atoms with Crippen molar-refractivity contribution < 1.29 is 38.7 Å². The van der Waals surface area contributed by atoms with Crippen LogP contribution in [0.25, 0.3) is 0 Å². The molecule has 2 aromatic carbocycles. The van der Waals surface area contributed by atoms with Crippen molar-refractivity contribution in [2.24, 2.45) is 0 Å². The summed E-state index contributed by atoms with van der Waals surface area (Å²) >= 11 is 0. The second-order valence-corrected chi connectivity index (χ2v) is 6.50. The third-order valence-electron chi connectivity index (χ3n) is 4.50. The van der Waals surface area contributed by atoms with Gasteiger partial charge in [-0.15, -0.1) is 0 Å². The van der Waals surface area contributed by atoms with Gasteiger partial charge in [0.15, 0.2) is 12.4 Å². The van der Waals surface area contributed by atoms with Crippen LogP contribution in [0.15, 0.2) is 54.6 Å². The maximum Gasteiger partial charge on any atom is 0.338 e. The number of rotatable bonds is 7. The summed E-state index contributed by atoms with van der Waals surface area (Å²) in [7, 11) is 1.52. The van der Waals surface area contributed by atoms with Gasteiger partial charge in [0.1, 0.15) is 18.5 Å². The van der Waals surface area contributed by atoms with Crippen molar-refractivity contribution in [1.29, 1.82) is 0 Å². The number of carbonyl (C=O) groups is 2. The maximum atomic E-state index is 12.1. The molecule has 0 bridgehead atoms. The topological polar surface area (TPSA) is 112 Å². The number of benzene rings is 2. The lowest BCUT2D eigenvalue weighted by Gasteiger charge is -2.17. The van der Waals surface area contributed by atoms with Crippen LogP contribution >= 0.6 is 0 Å². The Morgan fingerprint density at radius 2 is 1.72 bits per heavy atom. The molecule has 0 spiro atoms. The first kappa shape index (κ1) is 20.8. The average molecular weight is 402 g/mol. The molecule has 2 N–H and O–H groups in total. The van der Waals surface area contributed by atoms with Crippen molar-refractivity contribution in [1.82, 2.24) is 0 Å². The number of methoxy groups -OCH3 is 1. The van der Waals surface area contributed by atoms with Gasteiger partial charge in [0.05, 0.1) is 24.3 Å². The molecule has 8 heteroatoms. The van der Waals surface area contributed by atoms with Crippen LogP contribution in [0, 0.1) is 0 Å². The van der Waals surface area contributed by atoms with Crippen LogP contribution in [0.5, 0.6) is 5.75 Å². The number of aliphatic hydroxyl groups excluding tert-OH is 2. The van der Waals surface area contributed by atoms with E-state index in [-0.39, 0.29) is 13.0 Å². The zero-order valence-corrected chi connectivity index (χ0v) is 15.8. The zero-order valence-electron chi connectivity index (χ0n) is 15.8. The van der Waals surface area contributed by atoms with E-state index in [0.717, 1.165) is 0 Å². The first-order valence-electron chi connectivity index (χ1n) is 9.06. The van der Waals surface area contributed by atoms with Crippen molar-refractivity contribution in [2.75, 3.05) is 13.7 Å². The van der Waals surface area contributed by atoms with E-state index in [0.29, 0.717) is 16.9 Å². The predicted molar refractivity (Wildman–Crippen MR) is 100 cm³/mol.